The van der Waals surface area contributed by atoms with Gasteiger partial charge in [-0.25, -0.2) is 0 Å². The van der Waals surface area contributed by atoms with Crippen molar-refractivity contribution in [3.05, 3.63) is 0 Å². The Balaban J connectivity index is 0. The first-order chi connectivity index (χ1) is 9.26. The van der Waals surface area contributed by atoms with E-state index in [0.29, 0.717) is 6.10 Å². The van der Waals surface area contributed by atoms with Crippen LogP contribution in [0.15, 0.2) is 0 Å². The fraction of sp³-hybridized carbons (Fsp3) is 1.00. The molecule has 1 rings (SSSR count). The lowest BCUT2D eigenvalue weighted by atomic mass is 9.93. The summed E-state index contributed by atoms with van der Waals surface area (Å²) in [5.74, 6) is 0. The highest BCUT2D eigenvalue weighted by atomic mass is 16.5. The van der Waals surface area contributed by atoms with Crippen molar-refractivity contribution >= 4 is 0 Å². The van der Waals surface area contributed by atoms with Gasteiger partial charge < -0.3 is 15.0 Å². The number of rotatable bonds is 8. The van der Waals surface area contributed by atoms with Gasteiger partial charge in [-0.15, -0.1) is 0 Å². The van der Waals surface area contributed by atoms with Gasteiger partial charge in [-0.05, 0) is 59.2 Å². The zero-order valence-corrected chi connectivity index (χ0v) is 13.9. The molecule has 1 aliphatic carbocycles. The molecule has 118 valence electrons. The van der Waals surface area contributed by atoms with Crippen LogP contribution in [0.4, 0.5) is 0 Å². The molecule has 0 atom stereocenters. The molecule has 0 aromatic heterocycles. The maximum atomic E-state index is 5.95. The standard InChI is InChI=1S/C14H30N2O.C2H6.H2/c1-4-10-16(3)11-5-12-17-14-8-6-13(15-2)7-9-14;1-2;/h13-15H,4-12H2,1-3H3;1-2H3;1H. The average Bonchev–Trinajstić information content (AvgIpc) is 2.47. The van der Waals surface area contributed by atoms with Crippen molar-refractivity contribution in [2.75, 3.05) is 33.8 Å². The highest BCUT2D eigenvalue weighted by molar-refractivity contribution is 4.76. The molecular formula is C16H38N2O. The van der Waals surface area contributed by atoms with Crippen LogP contribution in [0.1, 0.15) is 60.7 Å². The lowest BCUT2D eigenvalue weighted by Crippen LogP contribution is -2.33. The molecule has 0 aromatic carbocycles. The van der Waals surface area contributed by atoms with Crippen molar-refractivity contribution in [3.63, 3.8) is 0 Å². The zero-order valence-electron chi connectivity index (χ0n) is 13.9. The molecule has 19 heavy (non-hydrogen) atoms. The largest absolute Gasteiger partial charge is 0.378 e. The topological polar surface area (TPSA) is 24.5 Å². The maximum absolute atomic E-state index is 5.95. The molecule has 0 amide bonds. The van der Waals surface area contributed by atoms with Crippen molar-refractivity contribution in [2.24, 2.45) is 0 Å². The summed E-state index contributed by atoms with van der Waals surface area (Å²) >= 11 is 0. The van der Waals surface area contributed by atoms with Gasteiger partial charge in [0, 0.05) is 20.6 Å². The van der Waals surface area contributed by atoms with Crippen LogP contribution in [0.2, 0.25) is 0 Å². The summed E-state index contributed by atoms with van der Waals surface area (Å²) in [6.45, 7) is 9.53. The van der Waals surface area contributed by atoms with E-state index in [1.807, 2.05) is 13.8 Å². The molecular weight excluding hydrogens is 236 g/mol. The van der Waals surface area contributed by atoms with E-state index < -0.39 is 0 Å². The molecule has 0 spiro atoms. The first-order valence-corrected chi connectivity index (χ1v) is 8.23. The van der Waals surface area contributed by atoms with Crippen molar-refractivity contribution in [2.45, 2.75) is 71.4 Å². The quantitative estimate of drug-likeness (QED) is 0.685. The first kappa shape index (κ1) is 18.9. The number of nitrogens with zero attached hydrogens (tertiary/aromatic N) is 1. The van der Waals surface area contributed by atoms with Crippen LogP contribution in [-0.4, -0.2) is 50.8 Å². The Bertz CT molecular complexity index is 185. The molecule has 1 aliphatic rings. The van der Waals surface area contributed by atoms with E-state index in [1.54, 1.807) is 0 Å². The van der Waals surface area contributed by atoms with Crippen LogP contribution in [0.5, 0.6) is 0 Å². The predicted octanol–water partition coefficient (Wildman–Crippen LogP) is 3.54. The Morgan fingerprint density at radius 3 is 2.32 bits per heavy atom. The Hall–Kier alpha value is -0.120. The smallest absolute Gasteiger partial charge is 0.0576 e. The normalized spacial score (nSPS) is 23.1. The summed E-state index contributed by atoms with van der Waals surface area (Å²) in [6.07, 6.45) is 7.95. The highest BCUT2D eigenvalue weighted by Crippen LogP contribution is 2.20. The molecule has 0 aliphatic heterocycles. The van der Waals surface area contributed by atoms with Crippen LogP contribution in [-0.2, 0) is 4.74 Å². The van der Waals surface area contributed by atoms with Gasteiger partial charge in [0.2, 0.25) is 0 Å². The van der Waals surface area contributed by atoms with Crippen molar-refractivity contribution in [3.8, 4) is 0 Å². The number of hydrogen-bond acceptors (Lipinski definition) is 3. The number of ether oxygens (including phenoxy) is 1. The Kier molecular flexibility index (Phi) is 12.8. The van der Waals surface area contributed by atoms with Crippen LogP contribution in [0.3, 0.4) is 0 Å². The lowest BCUT2D eigenvalue weighted by molar-refractivity contribution is 0.0192. The van der Waals surface area contributed by atoms with Gasteiger partial charge in [0.25, 0.3) is 0 Å². The van der Waals surface area contributed by atoms with Gasteiger partial charge in [-0.1, -0.05) is 20.8 Å². The third-order valence-electron chi connectivity index (χ3n) is 3.73. The van der Waals surface area contributed by atoms with E-state index in [9.17, 15) is 0 Å². The fourth-order valence-electron chi connectivity index (χ4n) is 2.60. The van der Waals surface area contributed by atoms with E-state index in [4.69, 9.17) is 4.74 Å². The minimum absolute atomic E-state index is 0. The summed E-state index contributed by atoms with van der Waals surface area (Å²) < 4.78 is 5.95. The van der Waals surface area contributed by atoms with Crippen LogP contribution < -0.4 is 5.32 Å². The van der Waals surface area contributed by atoms with E-state index in [2.05, 4.69) is 31.2 Å². The van der Waals surface area contributed by atoms with E-state index in [1.165, 1.54) is 51.6 Å². The van der Waals surface area contributed by atoms with E-state index in [-0.39, 0.29) is 1.43 Å². The summed E-state index contributed by atoms with van der Waals surface area (Å²) in [6, 6.07) is 0.727. The SMILES string of the molecule is CC.CCCN(C)CCCOC1CCC(NC)CC1.[HH]. The number of hydrogen-bond donors (Lipinski definition) is 1. The molecule has 0 saturated heterocycles. The highest BCUT2D eigenvalue weighted by Gasteiger charge is 2.19. The first-order valence-electron chi connectivity index (χ1n) is 8.23. The van der Waals surface area contributed by atoms with E-state index in [0.717, 1.165) is 12.6 Å². The molecule has 3 heteroatoms. The predicted molar refractivity (Wildman–Crippen MR) is 86.9 cm³/mol. The summed E-state index contributed by atoms with van der Waals surface area (Å²) in [7, 11) is 4.26. The second-order valence-electron chi connectivity index (χ2n) is 5.29. The molecule has 0 radical (unpaired) electrons. The monoisotopic (exact) mass is 274 g/mol. The third-order valence-corrected chi connectivity index (χ3v) is 3.73. The molecule has 3 nitrogen and oxygen atoms in total. The number of nitrogens with one attached hydrogen (secondary N) is 1. The fourth-order valence-corrected chi connectivity index (χ4v) is 2.60. The van der Waals surface area contributed by atoms with Crippen molar-refractivity contribution in [1.82, 2.24) is 10.2 Å². The third kappa shape index (κ3) is 9.42. The van der Waals surface area contributed by atoms with Gasteiger partial charge in [0.05, 0.1) is 6.10 Å². The van der Waals surface area contributed by atoms with Crippen LogP contribution in [0.25, 0.3) is 0 Å². The molecule has 0 heterocycles. The summed E-state index contributed by atoms with van der Waals surface area (Å²) in [5, 5.41) is 3.36. The van der Waals surface area contributed by atoms with Gasteiger partial charge >= 0.3 is 0 Å². The minimum Gasteiger partial charge on any atom is -0.378 e. The molecule has 0 bridgehead atoms. The second kappa shape index (κ2) is 12.9. The van der Waals surface area contributed by atoms with Gasteiger partial charge in [0.15, 0.2) is 0 Å². The Labute approximate surface area is 122 Å². The Morgan fingerprint density at radius 1 is 1.16 bits per heavy atom. The average molecular weight is 274 g/mol. The van der Waals surface area contributed by atoms with Crippen LogP contribution >= 0.6 is 0 Å². The molecule has 1 N–H and O–H groups in total. The lowest BCUT2D eigenvalue weighted by Gasteiger charge is -2.28. The molecule has 0 unspecified atom stereocenters. The summed E-state index contributed by atoms with van der Waals surface area (Å²) in [5.41, 5.74) is 0. The maximum Gasteiger partial charge on any atom is 0.0576 e. The molecule has 1 fully saturated rings. The minimum atomic E-state index is 0. The van der Waals surface area contributed by atoms with Crippen molar-refractivity contribution in [1.29, 1.82) is 0 Å². The second-order valence-corrected chi connectivity index (χ2v) is 5.29. The molecule has 0 aromatic rings. The van der Waals surface area contributed by atoms with Crippen LogP contribution in [0, 0.1) is 0 Å². The van der Waals surface area contributed by atoms with E-state index >= 15 is 0 Å². The van der Waals surface area contributed by atoms with Gasteiger partial charge in [-0.3, -0.25) is 0 Å². The van der Waals surface area contributed by atoms with Gasteiger partial charge in [0.1, 0.15) is 0 Å². The zero-order chi connectivity index (χ0) is 14.5. The Morgan fingerprint density at radius 2 is 1.79 bits per heavy atom. The van der Waals surface area contributed by atoms with Gasteiger partial charge in [-0.2, -0.15) is 0 Å². The summed E-state index contributed by atoms with van der Waals surface area (Å²) in [4.78, 5) is 2.39. The van der Waals surface area contributed by atoms with Crippen molar-refractivity contribution < 1.29 is 6.16 Å². The molecule has 1 saturated carbocycles.